The van der Waals surface area contributed by atoms with E-state index in [1.54, 1.807) is 0 Å². The Labute approximate surface area is 143 Å². The smallest absolute Gasteiger partial charge is 0.408 e. The van der Waals surface area contributed by atoms with Crippen molar-refractivity contribution in [3.05, 3.63) is 59.8 Å². The molecule has 128 valence electrons. The molecule has 0 aliphatic heterocycles. The van der Waals surface area contributed by atoms with E-state index in [1.807, 2.05) is 76.2 Å². The third kappa shape index (κ3) is 5.91. The van der Waals surface area contributed by atoms with Crippen molar-refractivity contribution in [2.75, 3.05) is 11.9 Å². The predicted octanol–water partition coefficient (Wildman–Crippen LogP) is 4.07. The molecule has 1 amide bonds. The topological polar surface area (TPSA) is 63.2 Å². The van der Waals surface area contributed by atoms with Crippen molar-refractivity contribution in [3.63, 3.8) is 0 Å². The van der Waals surface area contributed by atoms with Gasteiger partial charge in [-0.2, -0.15) is 0 Å². The van der Waals surface area contributed by atoms with Crippen LogP contribution in [0.5, 0.6) is 0 Å². The number of anilines is 1. The van der Waals surface area contributed by atoms with Crippen LogP contribution in [0.25, 0.3) is 0 Å². The van der Waals surface area contributed by atoms with Crippen LogP contribution in [0.2, 0.25) is 0 Å². The lowest BCUT2D eigenvalue weighted by atomic mass is 10.1. The third-order valence-corrected chi connectivity index (χ3v) is 3.27. The van der Waals surface area contributed by atoms with Crippen LogP contribution in [0.1, 0.15) is 38.1 Å². The number of hydrogen-bond acceptors (Lipinski definition) is 4. The van der Waals surface area contributed by atoms with Crippen LogP contribution in [0.3, 0.4) is 0 Å². The number of pyridine rings is 1. The van der Waals surface area contributed by atoms with Crippen molar-refractivity contribution < 1.29 is 9.53 Å². The first-order chi connectivity index (χ1) is 11.3. The normalized spacial score (nSPS) is 12.3. The second kappa shape index (κ2) is 7.81. The van der Waals surface area contributed by atoms with Gasteiger partial charge in [0.25, 0.3) is 0 Å². The lowest BCUT2D eigenvalue weighted by Gasteiger charge is -2.24. The highest BCUT2D eigenvalue weighted by Gasteiger charge is 2.20. The molecule has 0 spiro atoms. The summed E-state index contributed by atoms with van der Waals surface area (Å²) in [7, 11) is 0. The van der Waals surface area contributed by atoms with Gasteiger partial charge < -0.3 is 15.4 Å². The number of carbonyl (C=O) groups excluding carboxylic acids is 1. The van der Waals surface area contributed by atoms with Gasteiger partial charge in [0.15, 0.2) is 0 Å². The van der Waals surface area contributed by atoms with Crippen molar-refractivity contribution in [1.29, 1.82) is 0 Å². The van der Waals surface area contributed by atoms with E-state index in [4.69, 9.17) is 4.74 Å². The maximum Gasteiger partial charge on any atom is 0.408 e. The number of aryl methyl sites for hydroxylation is 1. The first kappa shape index (κ1) is 17.8. The molecule has 0 saturated carbocycles. The molecule has 1 atom stereocenters. The van der Waals surface area contributed by atoms with E-state index in [-0.39, 0.29) is 6.04 Å². The molecule has 5 nitrogen and oxygen atoms in total. The summed E-state index contributed by atoms with van der Waals surface area (Å²) in [5, 5.41) is 6.19. The summed E-state index contributed by atoms with van der Waals surface area (Å²) in [4.78, 5) is 16.6. The fraction of sp³-hybridized carbons (Fsp3) is 0.368. The molecule has 2 rings (SSSR count). The molecular weight excluding hydrogens is 302 g/mol. The molecule has 0 fully saturated rings. The van der Waals surface area contributed by atoms with E-state index < -0.39 is 11.7 Å². The summed E-state index contributed by atoms with van der Waals surface area (Å²) in [5.41, 5.74) is 1.41. The number of carbonyl (C=O) groups is 1. The Morgan fingerprint density at radius 3 is 2.46 bits per heavy atom. The van der Waals surface area contributed by atoms with Crippen molar-refractivity contribution in [1.82, 2.24) is 10.3 Å². The molecule has 5 heteroatoms. The number of benzene rings is 1. The Morgan fingerprint density at radius 2 is 1.83 bits per heavy atom. The van der Waals surface area contributed by atoms with Crippen LogP contribution >= 0.6 is 0 Å². The summed E-state index contributed by atoms with van der Waals surface area (Å²) in [5.74, 6) is 0.780. The highest BCUT2D eigenvalue weighted by Crippen LogP contribution is 2.16. The van der Waals surface area contributed by atoms with Gasteiger partial charge in [0.1, 0.15) is 11.4 Å². The Kier molecular flexibility index (Phi) is 5.79. The van der Waals surface area contributed by atoms with Crippen LogP contribution in [0.4, 0.5) is 10.6 Å². The fourth-order valence-electron chi connectivity index (χ4n) is 2.24. The first-order valence-corrected chi connectivity index (χ1v) is 8.05. The van der Waals surface area contributed by atoms with Crippen molar-refractivity contribution in [2.24, 2.45) is 0 Å². The highest BCUT2D eigenvalue weighted by atomic mass is 16.6. The average molecular weight is 327 g/mol. The number of hydrogen-bond donors (Lipinski definition) is 2. The molecule has 1 heterocycles. The summed E-state index contributed by atoms with van der Waals surface area (Å²) in [6.07, 6.45) is -0.435. The number of rotatable bonds is 5. The zero-order valence-corrected chi connectivity index (χ0v) is 14.7. The Bertz CT molecular complexity index is 666. The van der Waals surface area contributed by atoms with Gasteiger partial charge in [-0.1, -0.05) is 36.4 Å². The van der Waals surface area contributed by atoms with Gasteiger partial charge in [0, 0.05) is 12.2 Å². The lowest BCUT2D eigenvalue weighted by Crippen LogP contribution is -2.37. The summed E-state index contributed by atoms with van der Waals surface area (Å²) >= 11 is 0. The van der Waals surface area contributed by atoms with Gasteiger partial charge in [-0.15, -0.1) is 0 Å². The van der Waals surface area contributed by atoms with Crippen molar-refractivity contribution >= 4 is 11.9 Å². The second-order valence-corrected chi connectivity index (χ2v) is 6.65. The van der Waals surface area contributed by atoms with E-state index in [0.29, 0.717) is 6.54 Å². The monoisotopic (exact) mass is 327 g/mol. The number of alkyl carbamates (subject to hydrolysis) is 1. The zero-order valence-electron chi connectivity index (χ0n) is 14.7. The van der Waals surface area contributed by atoms with Crippen LogP contribution in [-0.4, -0.2) is 23.2 Å². The van der Waals surface area contributed by atoms with Gasteiger partial charge >= 0.3 is 6.09 Å². The molecule has 1 aromatic heterocycles. The molecule has 0 saturated heterocycles. The van der Waals surface area contributed by atoms with Crippen LogP contribution in [0, 0.1) is 6.92 Å². The number of nitrogens with zero attached hydrogens (tertiary/aromatic N) is 1. The van der Waals surface area contributed by atoms with E-state index in [1.165, 1.54) is 0 Å². The number of amides is 1. The Morgan fingerprint density at radius 1 is 1.12 bits per heavy atom. The minimum absolute atomic E-state index is 0.219. The zero-order chi connectivity index (χ0) is 17.6. The summed E-state index contributed by atoms with van der Waals surface area (Å²) in [6, 6.07) is 15.4. The molecule has 0 bridgehead atoms. The molecule has 2 N–H and O–H groups in total. The second-order valence-electron chi connectivity index (χ2n) is 6.65. The van der Waals surface area contributed by atoms with Crippen molar-refractivity contribution in [3.8, 4) is 0 Å². The quantitative estimate of drug-likeness (QED) is 0.869. The number of nitrogens with one attached hydrogen (secondary N) is 2. The molecule has 2 aromatic rings. The van der Waals surface area contributed by atoms with E-state index in [0.717, 1.165) is 17.1 Å². The third-order valence-electron chi connectivity index (χ3n) is 3.27. The fourth-order valence-corrected chi connectivity index (χ4v) is 2.24. The average Bonchev–Trinajstić information content (AvgIpc) is 2.50. The summed E-state index contributed by atoms with van der Waals surface area (Å²) < 4.78 is 5.37. The Hall–Kier alpha value is -2.56. The molecule has 0 aliphatic rings. The first-order valence-electron chi connectivity index (χ1n) is 8.05. The minimum Gasteiger partial charge on any atom is -0.444 e. The predicted molar refractivity (Wildman–Crippen MR) is 96.0 cm³/mol. The molecule has 24 heavy (non-hydrogen) atoms. The van der Waals surface area contributed by atoms with Gasteiger partial charge in [0.05, 0.1) is 6.04 Å². The number of ether oxygens (including phenoxy) is 1. The molecule has 0 radical (unpaired) electrons. The van der Waals surface area contributed by atoms with Crippen molar-refractivity contribution in [2.45, 2.75) is 39.3 Å². The summed E-state index contributed by atoms with van der Waals surface area (Å²) in [6.45, 7) is 8.00. The van der Waals surface area contributed by atoms with Crippen LogP contribution in [0.15, 0.2) is 48.5 Å². The number of aromatic nitrogens is 1. The minimum atomic E-state index is -0.531. The molecular formula is C19H25N3O2. The molecule has 1 aromatic carbocycles. The standard InChI is InChI=1S/C19H25N3O2/c1-14-9-8-12-17(21-14)20-13-16(15-10-6-5-7-11-15)22-18(23)24-19(2,3)4/h5-12,16H,13H2,1-4H3,(H,20,21)(H,22,23). The van der Waals surface area contributed by atoms with Crippen LogP contribution in [-0.2, 0) is 4.74 Å². The Balaban J connectivity index is 2.07. The molecule has 0 aliphatic carbocycles. The maximum absolute atomic E-state index is 12.1. The lowest BCUT2D eigenvalue weighted by molar-refractivity contribution is 0.0506. The SMILES string of the molecule is Cc1cccc(NCC(NC(=O)OC(C)(C)C)c2ccccc2)n1. The maximum atomic E-state index is 12.1. The van der Waals surface area contributed by atoms with Gasteiger partial charge in [-0.3, -0.25) is 0 Å². The van der Waals surface area contributed by atoms with Gasteiger partial charge in [-0.25, -0.2) is 9.78 Å². The van der Waals surface area contributed by atoms with E-state index in [9.17, 15) is 4.79 Å². The highest BCUT2D eigenvalue weighted by molar-refractivity contribution is 5.68. The van der Waals surface area contributed by atoms with Gasteiger partial charge in [0.2, 0.25) is 0 Å². The van der Waals surface area contributed by atoms with Crippen LogP contribution < -0.4 is 10.6 Å². The van der Waals surface area contributed by atoms with E-state index in [2.05, 4.69) is 15.6 Å². The van der Waals surface area contributed by atoms with E-state index >= 15 is 0 Å². The largest absolute Gasteiger partial charge is 0.444 e. The molecule has 1 unspecified atom stereocenters. The van der Waals surface area contributed by atoms with Gasteiger partial charge in [-0.05, 0) is 45.4 Å².